The average molecular weight is 289 g/mol. The molecule has 114 valence electrons. The summed E-state index contributed by atoms with van der Waals surface area (Å²) in [6.45, 7) is 8.55. The highest BCUT2D eigenvalue weighted by Gasteiger charge is 2.05. The molecule has 0 amide bonds. The Kier molecular flexibility index (Phi) is 5.75. The predicted molar refractivity (Wildman–Crippen MR) is 81.0 cm³/mol. The highest BCUT2D eigenvalue weighted by Crippen LogP contribution is 2.14. The Labute approximate surface area is 125 Å². The third-order valence-electron chi connectivity index (χ3n) is 2.96. The molecule has 5 nitrogen and oxygen atoms in total. The van der Waals surface area contributed by atoms with Crippen LogP contribution in [0.15, 0.2) is 28.8 Å². The van der Waals surface area contributed by atoms with E-state index in [1.54, 1.807) is 0 Å². The van der Waals surface area contributed by atoms with E-state index in [1.165, 1.54) is 5.56 Å². The van der Waals surface area contributed by atoms with E-state index in [0.29, 0.717) is 24.2 Å². The molecule has 5 heteroatoms. The van der Waals surface area contributed by atoms with Crippen molar-refractivity contribution in [2.24, 2.45) is 5.92 Å². The van der Waals surface area contributed by atoms with Gasteiger partial charge in [0.1, 0.15) is 5.75 Å². The molecule has 0 aliphatic heterocycles. The number of nitrogens with one attached hydrogen (secondary N) is 1. The van der Waals surface area contributed by atoms with Crippen molar-refractivity contribution in [3.8, 4) is 5.75 Å². The molecular weight excluding hydrogens is 266 g/mol. The van der Waals surface area contributed by atoms with E-state index >= 15 is 0 Å². The molecule has 0 aliphatic carbocycles. The maximum atomic E-state index is 5.71. The second kappa shape index (κ2) is 7.78. The second-order valence-electron chi connectivity index (χ2n) is 5.42. The molecule has 0 saturated heterocycles. The van der Waals surface area contributed by atoms with Crippen LogP contribution in [0.5, 0.6) is 5.75 Å². The summed E-state index contributed by atoms with van der Waals surface area (Å²) in [6.07, 6.45) is 0.740. The SMILES string of the molecule is CCc1nc(COc2cccc(CNCC(C)C)c2)no1. The van der Waals surface area contributed by atoms with E-state index in [9.17, 15) is 0 Å². The first-order chi connectivity index (χ1) is 10.2. The van der Waals surface area contributed by atoms with Crippen molar-refractivity contribution in [2.75, 3.05) is 6.54 Å². The summed E-state index contributed by atoms with van der Waals surface area (Å²) in [7, 11) is 0. The number of rotatable bonds is 8. The zero-order chi connectivity index (χ0) is 15.1. The van der Waals surface area contributed by atoms with E-state index < -0.39 is 0 Å². The molecule has 0 unspecified atom stereocenters. The molecule has 0 radical (unpaired) electrons. The minimum atomic E-state index is 0.326. The van der Waals surface area contributed by atoms with Gasteiger partial charge in [0.05, 0.1) is 0 Å². The van der Waals surface area contributed by atoms with Gasteiger partial charge in [0.25, 0.3) is 0 Å². The lowest BCUT2D eigenvalue weighted by molar-refractivity contribution is 0.285. The fourth-order valence-electron chi connectivity index (χ4n) is 1.89. The minimum Gasteiger partial charge on any atom is -0.485 e. The number of hydrogen-bond acceptors (Lipinski definition) is 5. The zero-order valence-electron chi connectivity index (χ0n) is 12.9. The lowest BCUT2D eigenvalue weighted by Crippen LogP contribution is -2.18. The molecule has 1 aromatic heterocycles. The highest BCUT2D eigenvalue weighted by atomic mass is 16.5. The van der Waals surface area contributed by atoms with Crippen molar-refractivity contribution in [1.82, 2.24) is 15.5 Å². The molecule has 1 aromatic carbocycles. The fraction of sp³-hybridized carbons (Fsp3) is 0.500. The molecule has 21 heavy (non-hydrogen) atoms. The van der Waals surface area contributed by atoms with E-state index in [0.717, 1.165) is 25.3 Å². The Morgan fingerprint density at radius 3 is 2.90 bits per heavy atom. The van der Waals surface area contributed by atoms with Crippen molar-refractivity contribution < 1.29 is 9.26 Å². The summed E-state index contributed by atoms with van der Waals surface area (Å²) >= 11 is 0. The van der Waals surface area contributed by atoms with Crippen LogP contribution < -0.4 is 10.1 Å². The first-order valence-electron chi connectivity index (χ1n) is 7.41. The van der Waals surface area contributed by atoms with Gasteiger partial charge < -0.3 is 14.6 Å². The van der Waals surface area contributed by atoms with Crippen molar-refractivity contribution >= 4 is 0 Å². The van der Waals surface area contributed by atoms with Gasteiger partial charge >= 0.3 is 0 Å². The van der Waals surface area contributed by atoms with Gasteiger partial charge in [0.15, 0.2) is 6.61 Å². The second-order valence-corrected chi connectivity index (χ2v) is 5.42. The van der Waals surface area contributed by atoms with Crippen LogP contribution >= 0.6 is 0 Å². The Balaban J connectivity index is 1.85. The van der Waals surface area contributed by atoms with E-state index in [4.69, 9.17) is 9.26 Å². The monoisotopic (exact) mass is 289 g/mol. The molecule has 1 heterocycles. The van der Waals surface area contributed by atoms with Crippen molar-refractivity contribution in [3.63, 3.8) is 0 Å². The summed E-state index contributed by atoms with van der Waals surface area (Å²) < 4.78 is 10.8. The number of nitrogens with zero attached hydrogens (tertiary/aromatic N) is 2. The van der Waals surface area contributed by atoms with Crippen LogP contribution in [0.4, 0.5) is 0 Å². The lowest BCUT2D eigenvalue weighted by atomic mass is 10.2. The third kappa shape index (κ3) is 5.19. The molecule has 0 saturated carbocycles. The fourth-order valence-corrected chi connectivity index (χ4v) is 1.89. The van der Waals surface area contributed by atoms with Gasteiger partial charge in [-0.15, -0.1) is 0 Å². The van der Waals surface area contributed by atoms with Crippen molar-refractivity contribution in [2.45, 2.75) is 40.3 Å². The standard InChI is InChI=1S/C16H23N3O2/c1-4-16-18-15(19-21-16)11-20-14-7-5-6-13(8-14)10-17-9-12(2)3/h5-8,12,17H,4,9-11H2,1-3H3. The number of aryl methyl sites for hydroxylation is 1. The molecular formula is C16H23N3O2. The van der Waals surface area contributed by atoms with Crippen LogP contribution in [0.1, 0.15) is 38.0 Å². The van der Waals surface area contributed by atoms with Crippen LogP contribution in [0.2, 0.25) is 0 Å². The molecule has 1 N–H and O–H groups in total. The van der Waals surface area contributed by atoms with Crippen LogP contribution in [-0.4, -0.2) is 16.7 Å². The molecule has 2 aromatic rings. The van der Waals surface area contributed by atoms with Gasteiger partial charge in [-0.1, -0.05) is 38.1 Å². The summed E-state index contributed by atoms with van der Waals surface area (Å²) in [4.78, 5) is 4.22. The third-order valence-corrected chi connectivity index (χ3v) is 2.96. The maximum Gasteiger partial charge on any atom is 0.226 e. The van der Waals surface area contributed by atoms with E-state index in [2.05, 4.69) is 35.4 Å². The lowest BCUT2D eigenvalue weighted by Gasteiger charge is -2.09. The van der Waals surface area contributed by atoms with Crippen LogP contribution in [0.3, 0.4) is 0 Å². The molecule has 0 aliphatic rings. The van der Waals surface area contributed by atoms with Crippen molar-refractivity contribution in [1.29, 1.82) is 0 Å². The van der Waals surface area contributed by atoms with Crippen molar-refractivity contribution in [3.05, 3.63) is 41.5 Å². The normalized spacial score (nSPS) is 11.0. The van der Waals surface area contributed by atoms with Gasteiger partial charge in [-0.25, -0.2) is 0 Å². The largest absolute Gasteiger partial charge is 0.485 e. The Morgan fingerprint density at radius 1 is 1.33 bits per heavy atom. The van der Waals surface area contributed by atoms with Gasteiger partial charge in [0.2, 0.25) is 11.7 Å². The summed E-state index contributed by atoms with van der Waals surface area (Å²) in [5, 5.41) is 7.29. The number of benzene rings is 1. The molecule has 0 spiro atoms. The number of ether oxygens (including phenoxy) is 1. The summed E-state index contributed by atoms with van der Waals surface area (Å²) in [5.74, 6) is 2.69. The quantitative estimate of drug-likeness (QED) is 0.809. The number of hydrogen-bond donors (Lipinski definition) is 1. The average Bonchev–Trinajstić information content (AvgIpc) is 2.93. The highest BCUT2D eigenvalue weighted by molar-refractivity contribution is 5.28. The molecule has 0 bridgehead atoms. The van der Waals surface area contributed by atoms with Gasteiger partial charge in [-0.3, -0.25) is 0 Å². The topological polar surface area (TPSA) is 60.2 Å². The molecule has 0 atom stereocenters. The smallest absolute Gasteiger partial charge is 0.226 e. The summed E-state index contributed by atoms with van der Waals surface area (Å²) in [5.41, 5.74) is 1.20. The molecule has 0 fully saturated rings. The van der Waals surface area contributed by atoms with E-state index in [1.807, 2.05) is 25.1 Å². The molecule has 2 rings (SSSR count). The number of aromatic nitrogens is 2. The Bertz CT molecular complexity index is 552. The Morgan fingerprint density at radius 2 is 2.19 bits per heavy atom. The van der Waals surface area contributed by atoms with Gasteiger partial charge in [-0.2, -0.15) is 4.98 Å². The Hall–Kier alpha value is -1.88. The minimum absolute atomic E-state index is 0.326. The first-order valence-corrected chi connectivity index (χ1v) is 7.41. The van der Waals surface area contributed by atoms with E-state index in [-0.39, 0.29) is 0 Å². The van der Waals surface area contributed by atoms with Gasteiger partial charge in [-0.05, 0) is 30.2 Å². The van der Waals surface area contributed by atoms with Crippen LogP contribution in [0.25, 0.3) is 0 Å². The van der Waals surface area contributed by atoms with Crippen LogP contribution in [-0.2, 0) is 19.6 Å². The summed E-state index contributed by atoms with van der Waals surface area (Å²) in [6, 6.07) is 8.06. The predicted octanol–water partition coefficient (Wildman–Crippen LogP) is 2.96. The maximum absolute atomic E-state index is 5.71. The first kappa shape index (κ1) is 15.5. The van der Waals surface area contributed by atoms with Crippen LogP contribution in [0, 0.1) is 5.92 Å². The zero-order valence-corrected chi connectivity index (χ0v) is 12.9. The van der Waals surface area contributed by atoms with Gasteiger partial charge in [0, 0.05) is 13.0 Å².